The van der Waals surface area contributed by atoms with Gasteiger partial charge in [0.05, 0.1) is 11.9 Å². The van der Waals surface area contributed by atoms with Crippen molar-refractivity contribution in [2.45, 2.75) is 44.0 Å². The minimum atomic E-state index is -0.455. The highest BCUT2D eigenvalue weighted by Crippen LogP contribution is 2.36. The zero-order chi connectivity index (χ0) is 21.7. The van der Waals surface area contributed by atoms with Crippen molar-refractivity contribution in [1.29, 1.82) is 0 Å². The molecule has 0 bridgehead atoms. The summed E-state index contributed by atoms with van der Waals surface area (Å²) < 4.78 is 5.24. The molecule has 0 radical (unpaired) electrons. The van der Waals surface area contributed by atoms with Crippen LogP contribution in [-0.4, -0.2) is 38.9 Å². The summed E-state index contributed by atoms with van der Waals surface area (Å²) in [5, 5.41) is 12.3. The highest BCUT2D eigenvalue weighted by atomic mass is 32.2. The molecular weight excluding hydrogens is 420 g/mol. The average molecular weight is 445 g/mol. The summed E-state index contributed by atoms with van der Waals surface area (Å²) in [5.74, 6) is 0.317. The number of thioether (sulfide) groups is 1. The molecule has 0 aliphatic carbocycles. The number of nitrogens with zero attached hydrogens (tertiary/aromatic N) is 2. The van der Waals surface area contributed by atoms with Crippen molar-refractivity contribution in [3.05, 3.63) is 47.1 Å². The van der Waals surface area contributed by atoms with Crippen LogP contribution in [0.25, 0.3) is 11.1 Å². The van der Waals surface area contributed by atoms with Crippen LogP contribution in [0.1, 0.15) is 49.8 Å². The number of carbonyl (C=O) groups excluding carboxylic acids is 2. The number of thiophene rings is 1. The number of rotatable bonds is 8. The molecule has 30 heavy (non-hydrogen) atoms. The van der Waals surface area contributed by atoms with Gasteiger partial charge in [0.15, 0.2) is 0 Å². The van der Waals surface area contributed by atoms with Gasteiger partial charge in [0.25, 0.3) is 0 Å². The number of hydrogen-bond acceptors (Lipinski definition) is 7. The summed E-state index contributed by atoms with van der Waals surface area (Å²) in [5.41, 5.74) is 2.01. The number of ether oxygens (including phenoxy) is 1. The number of amides is 1. The van der Waals surface area contributed by atoms with Gasteiger partial charge in [0.1, 0.15) is 16.4 Å². The van der Waals surface area contributed by atoms with Crippen LogP contribution in [0.15, 0.2) is 40.9 Å². The first kappa shape index (κ1) is 22.0. The Morgan fingerprint density at radius 1 is 1.23 bits per heavy atom. The highest BCUT2D eigenvalue weighted by Gasteiger charge is 2.25. The lowest BCUT2D eigenvalue weighted by atomic mass is 10.0. The molecule has 0 spiro atoms. The van der Waals surface area contributed by atoms with Crippen molar-refractivity contribution < 1.29 is 14.3 Å². The van der Waals surface area contributed by atoms with Gasteiger partial charge in [-0.3, -0.25) is 9.89 Å². The Kier molecular flexibility index (Phi) is 7.28. The monoisotopic (exact) mass is 444 g/mol. The Labute approximate surface area is 183 Å². The minimum Gasteiger partial charge on any atom is -0.462 e. The standard InChI is InChI=1S/C21H24N4O3S2/c1-5-28-20(27)16-15(14-9-7-6-8-10-14)11-29-19(16)23-18(26)13(4)30-21-22-17(12(2)3)24-25-21/h6-13H,5H2,1-4H3,(H,23,26)(H,22,24,25). The van der Waals surface area contributed by atoms with Crippen molar-refractivity contribution in [3.63, 3.8) is 0 Å². The minimum absolute atomic E-state index is 0.227. The molecule has 0 aliphatic heterocycles. The van der Waals surface area contributed by atoms with Crippen LogP contribution >= 0.6 is 23.1 Å². The molecule has 3 rings (SSSR count). The Morgan fingerprint density at radius 2 is 1.97 bits per heavy atom. The van der Waals surface area contributed by atoms with E-state index in [0.717, 1.165) is 17.0 Å². The molecule has 3 aromatic rings. The van der Waals surface area contributed by atoms with Crippen molar-refractivity contribution in [3.8, 4) is 11.1 Å². The summed E-state index contributed by atoms with van der Waals surface area (Å²) in [7, 11) is 0. The van der Waals surface area contributed by atoms with Crippen LogP contribution < -0.4 is 5.32 Å². The van der Waals surface area contributed by atoms with Gasteiger partial charge in [-0.05, 0) is 19.4 Å². The van der Waals surface area contributed by atoms with Crippen LogP contribution in [-0.2, 0) is 9.53 Å². The molecule has 2 aromatic heterocycles. The summed E-state index contributed by atoms with van der Waals surface area (Å²) in [4.78, 5) is 29.8. The highest BCUT2D eigenvalue weighted by molar-refractivity contribution is 8.00. The van der Waals surface area contributed by atoms with E-state index in [1.54, 1.807) is 13.8 Å². The second kappa shape index (κ2) is 9.90. The van der Waals surface area contributed by atoms with Gasteiger partial charge in [-0.1, -0.05) is 55.9 Å². The molecule has 158 valence electrons. The smallest absolute Gasteiger partial charge is 0.341 e. The van der Waals surface area contributed by atoms with Gasteiger partial charge in [0, 0.05) is 16.9 Å². The molecule has 0 fully saturated rings. The number of H-pyrrole nitrogens is 1. The first-order valence-electron chi connectivity index (χ1n) is 9.64. The number of esters is 1. The number of nitrogens with one attached hydrogen (secondary N) is 2. The zero-order valence-electron chi connectivity index (χ0n) is 17.3. The third-order valence-corrected chi connectivity index (χ3v) is 6.13. The summed E-state index contributed by atoms with van der Waals surface area (Å²) in [6, 6.07) is 9.56. The van der Waals surface area contributed by atoms with Crippen LogP contribution in [0.4, 0.5) is 5.00 Å². The second-order valence-corrected chi connectivity index (χ2v) is 9.03. The first-order valence-corrected chi connectivity index (χ1v) is 11.4. The van der Waals surface area contributed by atoms with Gasteiger partial charge in [-0.15, -0.1) is 16.4 Å². The Morgan fingerprint density at radius 3 is 2.60 bits per heavy atom. The van der Waals surface area contributed by atoms with Crippen LogP contribution in [0.2, 0.25) is 0 Å². The van der Waals surface area contributed by atoms with E-state index in [1.165, 1.54) is 23.1 Å². The number of carbonyl (C=O) groups is 2. The normalized spacial score (nSPS) is 12.0. The maximum absolute atomic E-state index is 12.8. The molecule has 2 N–H and O–H groups in total. The fraction of sp³-hybridized carbons (Fsp3) is 0.333. The van der Waals surface area contributed by atoms with Gasteiger partial charge < -0.3 is 10.1 Å². The molecule has 1 aromatic carbocycles. The van der Waals surface area contributed by atoms with Crippen LogP contribution in [0.5, 0.6) is 0 Å². The third kappa shape index (κ3) is 5.09. The van der Waals surface area contributed by atoms with Crippen molar-refractivity contribution in [2.75, 3.05) is 11.9 Å². The maximum atomic E-state index is 12.8. The van der Waals surface area contributed by atoms with E-state index in [2.05, 4.69) is 20.5 Å². The van der Waals surface area contributed by atoms with E-state index >= 15 is 0 Å². The van der Waals surface area contributed by atoms with E-state index in [9.17, 15) is 9.59 Å². The number of aromatic nitrogens is 3. The van der Waals surface area contributed by atoms with Gasteiger partial charge >= 0.3 is 5.97 Å². The van der Waals surface area contributed by atoms with E-state index in [4.69, 9.17) is 4.74 Å². The van der Waals surface area contributed by atoms with Gasteiger partial charge in [-0.25, -0.2) is 9.78 Å². The molecule has 9 heteroatoms. The lowest BCUT2D eigenvalue weighted by Gasteiger charge is -2.11. The first-order chi connectivity index (χ1) is 14.4. The van der Waals surface area contributed by atoms with Gasteiger partial charge in [0.2, 0.25) is 11.1 Å². The lowest BCUT2D eigenvalue weighted by molar-refractivity contribution is -0.115. The average Bonchev–Trinajstić information content (AvgIpc) is 3.36. The predicted octanol–water partition coefficient (Wildman–Crippen LogP) is 4.95. The van der Waals surface area contributed by atoms with Crippen LogP contribution in [0, 0.1) is 0 Å². The van der Waals surface area contributed by atoms with E-state index < -0.39 is 11.2 Å². The van der Waals surface area contributed by atoms with E-state index in [0.29, 0.717) is 15.7 Å². The Bertz CT molecular complexity index is 1010. The number of aromatic amines is 1. The SMILES string of the molecule is CCOC(=O)c1c(-c2ccccc2)csc1NC(=O)C(C)Sc1n[nH]c(C(C)C)n1. The van der Waals surface area contributed by atoms with Crippen LogP contribution in [0.3, 0.4) is 0 Å². The molecule has 0 saturated heterocycles. The van der Waals surface area contributed by atoms with Crippen molar-refractivity contribution in [2.24, 2.45) is 0 Å². The molecule has 7 nitrogen and oxygen atoms in total. The molecule has 2 heterocycles. The maximum Gasteiger partial charge on any atom is 0.341 e. The zero-order valence-corrected chi connectivity index (χ0v) is 18.9. The Balaban J connectivity index is 1.80. The van der Waals surface area contributed by atoms with E-state index in [1.807, 2.05) is 49.6 Å². The number of benzene rings is 1. The van der Waals surface area contributed by atoms with E-state index in [-0.39, 0.29) is 18.4 Å². The summed E-state index contributed by atoms with van der Waals surface area (Å²) >= 11 is 2.57. The summed E-state index contributed by atoms with van der Waals surface area (Å²) in [6.07, 6.45) is 0. The summed E-state index contributed by atoms with van der Waals surface area (Å²) in [6.45, 7) is 7.82. The third-order valence-electron chi connectivity index (χ3n) is 4.27. The topological polar surface area (TPSA) is 97.0 Å². The molecule has 1 atom stereocenters. The number of anilines is 1. The molecule has 1 amide bonds. The lowest BCUT2D eigenvalue weighted by Crippen LogP contribution is -2.23. The molecule has 0 saturated carbocycles. The number of hydrogen-bond donors (Lipinski definition) is 2. The predicted molar refractivity (Wildman–Crippen MR) is 120 cm³/mol. The van der Waals surface area contributed by atoms with Gasteiger partial charge in [-0.2, -0.15) is 0 Å². The molecule has 0 aliphatic rings. The van der Waals surface area contributed by atoms with Crippen molar-refractivity contribution >= 4 is 40.0 Å². The second-order valence-electron chi connectivity index (χ2n) is 6.85. The fourth-order valence-corrected chi connectivity index (χ4v) is 4.37. The Hall–Kier alpha value is -2.65. The van der Waals surface area contributed by atoms with Crippen molar-refractivity contribution in [1.82, 2.24) is 15.2 Å². The fourth-order valence-electron chi connectivity index (χ4n) is 2.68. The largest absolute Gasteiger partial charge is 0.462 e. The molecule has 1 unspecified atom stereocenters. The quantitative estimate of drug-likeness (QED) is 0.377. The molecular formula is C21H24N4O3S2.